The molecule has 0 bridgehead atoms. The fraction of sp³-hybridized carbons (Fsp3) is 0.714. The average Bonchev–Trinajstić information content (AvgIpc) is 2.74. The van der Waals surface area contributed by atoms with Gasteiger partial charge in [-0.25, -0.2) is 13.1 Å². The number of hydrogen-bond acceptors (Lipinski definition) is 3. The van der Waals surface area contributed by atoms with Crippen LogP contribution in [0.2, 0.25) is 0 Å². The van der Waals surface area contributed by atoms with E-state index in [0.717, 1.165) is 18.7 Å². The lowest BCUT2D eigenvalue weighted by Gasteiger charge is -2.16. The Morgan fingerprint density at radius 1 is 1.30 bits per heavy atom. The fourth-order valence-corrected chi connectivity index (χ4v) is 3.35. The minimum Gasteiger partial charge on any atom is -0.349 e. The highest BCUT2D eigenvalue weighted by Gasteiger charge is 2.21. The molecule has 0 aromatic carbocycles. The lowest BCUT2D eigenvalue weighted by molar-refractivity contribution is 0.476. The van der Waals surface area contributed by atoms with Crippen molar-refractivity contribution in [3.63, 3.8) is 0 Å². The maximum absolute atomic E-state index is 12.4. The van der Waals surface area contributed by atoms with Gasteiger partial charge in [-0.15, -0.1) is 0 Å². The Bertz CT molecular complexity index is 497. The van der Waals surface area contributed by atoms with E-state index in [1.54, 1.807) is 12.3 Å². The summed E-state index contributed by atoms with van der Waals surface area (Å²) in [4.78, 5) is 0.351. The Morgan fingerprint density at radius 2 is 1.95 bits per heavy atom. The number of aromatic nitrogens is 1. The summed E-state index contributed by atoms with van der Waals surface area (Å²) in [7, 11) is -1.58. The van der Waals surface area contributed by atoms with Gasteiger partial charge in [-0.05, 0) is 32.4 Å². The molecule has 0 spiro atoms. The minimum atomic E-state index is -3.44. The summed E-state index contributed by atoms with van der Waals surface area (Å²) >= 11 is 0. The summed E-state index contributed by atoms with van der Waals surface area (Å²) in [6.07, 6.45) is 2.70. The largest absolute Gasteiger partial charge is 0.349 e. The first kappa shape index (κ1) is 17.2. The molecule has 0 amide bonds. The summed E-state index contributed by atoms with van der Waals surface area (Å²) in [5.74, 6) is 0.263. The van der Waals surface area contributed by atoms with Crippen molar-refractivity contribution in [2.24, 2.45) is 5.92 Å². The van der Waals surface area contributed by atoms with E-state index in [1.807, 2.05) is 32.4 Å². The highest BCUT2D eigenvalue weighted by molar-refractivity contribution is 7.89. The van der Waals surface area contributed by atoms with E-state index in [1.165, 1.54) is 0 Å². The van der Waals surface area contributed by atoms with Crippen LogP contribution in [-0.4, -0.2) is 26.1 Å². The number of hydrogen-bond donors (Lipinski definition) is 2. The highest BCUT2D eigenvalue weighted by atomic mass is 32.2. The summed E-state index contributed by atoms with van der Waals surface area (Å²) in [6, 6.07) is 1.67. The van der Waals surface area contributed by atoms with Gasteiger partial charge >= 0.3 is 0 Å². The molecular formula is C14H27N3O2S. The molecule has 1 atom stereocenters. The van der Waals surface area contributed by atoms with Crippen molar-refractivity contribution in [2.75, 3.05) is 7.05 Å². The molecule has 0 aliphatic carbocycles. The topological polar surface area (TPSA) is 63.1 Å². The molecule has 0 saturated heterocycles. The minimum absolute atomic E-state index is 0.0812. The number of rotatable bonds is 8. The Hall–Kier alpha value is -0.850. The van der Waals surface area contributed by atoms with E-state index in [4.69, 9.17) is 0 Å². The molecule has 1 unspecified atom stereocenters. The maximum atomic E-state index is 12.4. The summed E-state index contributed by atoms with van der Waals surface area (Å²) in [6.45, 7) is 9.46. The SMILES string of the molecule is CCCn1cc(S(=O)(=O)NC(C)C(C)C)cc1CNC. The van der Waals surface area contributed by atoms with Gasteiger partial charge < -0.3 is 9.88 Å². The molecule has 1 rings (SSSR count). The van der Waals surface area contributed by atoms with E-state index in [0.29, 0.717) is 11.4 Å². The Morgan fingerprint density at radius 3 is 2.45 bits per heavy atom. The van der Waals surface area contributed by atoms with Gasteiger partial charge in [0, 0.05) is 31.0 Å². The van der Waals surface area contributed by atoms with Crippen LogP contribution in [0.3, 0.4) is 0 Å². The van der Waals surface area contributed by atoms with Crippen molar-refractivity contribution in [1.82, 2.24) is 14.6 Å². The Balaban J connectivity index is 3.03. The second-order valence-electron chi connectivity index (χ2n) is 5.54. The molecule has 0 radical (unpaired) electrons. The lowest BCUT2D eigenvalue weighted by Crippen LogP contribution is -2.35. The van der Waals surface area contributed by atoms with Crippen LogP contribution in [-0.2, 0) is 23.1 Å². The quantitative estimate of drug-likeness (QED) is 0.771. The number of sulfonamides is 1. The summed E-state index contributed by atoms with van der Waals surface area (Å²) in [5, 5.41) is 3.07. The average molecular weight is 301 g/mol. The van der Waals surface area contributed by atoms with Gasteiger partial charge in [0.05, 0.1) is 4.90 Å². The molecule has 0 saturated carbocycles. The molecule has 6 heteroatoms. The predicted octanol–water partition coefficient (Wildman–Crippen LogP) is 1.94. The maximum Gasteiger partial charge on any atom is 0.242 e. The first-order valence-electron chi connectivity index (χ1n) is 7.17. The lowest BCUT2D eigenvalue weighted by atomic mass is 10.1. The number of aryl methyl sites for hydroxylation is 1. The third kappa shape index (κ3) is 4.33. The smallest absolute Gasteiger partial charge is 0.242 e. The van der Waals surface area contributed by atoms with E-state index < -0.39 is 10.0 Å². The molecular weight excluding hydrogens is 274 g/mol. The van der Waals surface area contributed by atoms with Crippen LogP contribution < -0.4 is 10.0 Å². The van der Waals surface area contributed by atoms with E-state index in [9.17, 15) is 8.42 Å². The predicted molar refractivity (Wildman–Crippen MR) is 82.1 cm³/mol. The third-order valence-electron chi connectivity index (χ3n) is 3.43. The van der Waals surface area contributed by atoms with Crippen LogP contribution in [0.4, 0.5) is 0 Å². The Labute approximate surface area is 122 Å². The van der Waals surface area contributed by atoms with Crippen molar-refractivity contribution in [3.8, 4) is 0 Å². The fourth-order valence-electron chi connectivity index (χ4n) is 1.90. The van der Waals surface area contributed by atoms with Crippen molar-refractivity contribution in [2.45, 2.75) is 58.1 Å². The van der Waals surface area contributed by atoms with E-state index >= 15 is 0 Å². The summed E-state index contributed by atoms with van der Waals surface area (Å²) < 4.78 is 29.5. The van der Waals surface area contributed by atoms with Gasteiger partial charge in [-0.2, -0.15) is 0 Å². The first-order chi connectivity index (χ1) is 9.31. The van der Waals surface area contributed by atoms with Crippen LogP contribution in [0.5, 0.6) is 0 Å². The molecule has 5 nitrogen and oxygen atoms in total. The van der Waals surface area contributed by atoms with Crippen molar-refractivity contribution >= 4 is 10.0 Å². The van der Waals surface area contributed by atoms with Crippen molar-refractivity contribution in [3.05, 3.63) is 18.0 Å². The standard InChI is InChI=1S/C14H27N3O2S/c1-6-7-17-10-14(8-13(17)9-15-5)20(18,19)16-12(4)11(2)3/h8,10-12,15-16H,6-7,9H2,1-5H3. The molecule has 1 heterocycles. The normalized spacial score (nSPS) is 13.9. The first-order valence-corrected chi connectivity index (χ1v) is 8.66. The zero-order valence-corrected chi connectivity index (χ0v) is 13.9. The van der Waals surface area contributed by atoms with Gasteiger partial charge in [-0.1, -0.05) is 20.8 Å². The Kier molecular flexibility index (Phi) is 6.23. The zero-order valence-electron chi connectivity index (χ0n) is 13.1. The van der Waals surface area contributed by atoms with Gasteiger partial charge in [0.25, 0.3) is 0 Å². The van der Waals surface area contributed by atoms with Crippen LogP contribution in [0.15, 0.2) is 17.2 Å². The monoisotopic (exact) mass is 301 g/mol. The second kappa shape index (κ2) is 7.24. The molecule has 2 N–H and O–H groups in total. The van der Waals surface area contributed by atoms with Crippen LogP contribution in [0.25, 0.3) is 0 Å². The molecule has 0 aliphatic rings. The number of nitrogens with zero attached hydrogens (tertiary/aromatic N) is 1. The van der Waals surface area contributed by atoms with Crippen LogP contribution in [0.1, 0.15) is 39.8 Å². The molecule has 1 aromatic rings. The van der Waals surface area contributed by atoms with Crippen molar-refractivity contribution in [1.29, 1.82) is 0 Å². The molecule has 1 aromatic heterocycles. The summed E-state index contributed by atoms with van der Waals surface area (Å²) in [5.41, 5.74) is 0.993. The van der Waals surface area contributed by atoms with E-state index in [-0.39, 0.29) is 12.0 Å². The van der Waals surface area contributed by atoms with Gasteiger partial charge in [0.15, 0.2) is 0 Å². The van der Waals surface area contributed by atoms with Gasteiger partial charge in [0.1, 0.15) is 0 Å². The zero-order chi connectivity index (χ0) is 15.3. The van der Waals surface area contributed by atoms with Crippen LogP contribution >= 0.6 is 0 Å². The molecule has 0 aliphatic heterocycles. The molecule has 116 valence electrons. The number of nitrogens with one attached hydrogen (secondary N) is 2. The van der Waals surface area contributed by atoms with Gasteiger partial charge in [0.2, 0.25) is 10.0 Å². The van der Waals surface area contributed by atoms with E-state index in [2.05, 4.69) is 17.0 Å². The molecule has 0 fully saturated rings. The van der Waals surface area contributed by atoms with Crippen molar-refractivity contribution < 1.29 is 8.42 Å². The van der Waals surface area contributed by atoms with Crippen LogP contribution in [0, 0.1) is 5.92 Å². The second-order valence-corrected chi connectivity index (χ2v) is 7.26. The molecule has 20 heavy (non-hydrogen) atoms. The highest BCUT2D eigenvalue weighted by Crippen LogP contribution is 2.16. The van der Waals surface area contributed by atoms with Gasteiger partial charge in [-0.3, -0.25) is 0 Å². The third-order valence-corrected chi connectivity index (χ3v) is 4.96.